The normalized spacial score (nSPS) is 16.1. The van der Waals surface area contributed by atoms with Crippen LogP contribution in [0, 0.1) is 6.92 Å². The fraction of sp³-hybridized carbons (Fsp3) is 0.483. The van der Waals surface area contributed by atoms with Crippen molar-refractivity contribution in [2.24, 2.45) is 5.73 Å². The Hall–Kier alpha value is -6.78. The van der Waals surface area contributed by atoms with Crippen molar-refractivity contribution in [2.45, 2.75) is 191 Å². The molecule has 3 aromatic carbocycles. The van der Waals surface area contributed by atoms with Gasteiger partial charge < -0.3 is 52.9 Å². The van der Waals surface area contributed by atoms with Crippen molar-refractivity contribution in [3.8, 4) is 11.1 Å². The van der Waals surface area contributed by atoms with Crippen molar-refractivity contribution in [2.75, 3.05) is 0 Å². The number of allylic oxidation sites excluding steroid dienone is 2. The van der Waals surface area contributed by atoms with Gasteiger partial charge in [0.05, 0.1) is 72.0 Å². The summed E-state index contributed by atoms with van der Waals surface area (Å²) >= 11 is 3.05. The van der Waals surface area contributed by atoms with Crippen LogP contribution in [0.4, 0.5) is 9.59 Å². The van der Waals surface area contributed by atoms with E-state index in [4.69, 9.17) is 38.3 Å². The minimum atomic E-state index is -0.572. The van der Waals surface area contributed by atoms with Crippen molar-refractivity contribution in [1.82, 2.24) is 34.2 Å². The second-order valence-corrected chi connectivity index (χ2v) is 25.2. The van der Waals surface area contributed by atoms with Crippen LogP contribution in [0.1, 0.15) is 156 Å². The molecule has 9 rings (SSSR count). The third-order valence-electron chi connectivity index (χ3n) is 14.0. The van der Waals surface area contributed by atoms with Crippen molar-refractivity contribution in [1.29, 1.82) is 0 Å². The fourth-order valence-corrected chi connectivity index (χ4v) is 8.37. The van der Waals surface area contributed by atoms with Gasteiger partial charge in [-0.3, -0.25) is 4.79 Å². The lowest BCUT2D eigenvalue weighted by Crippen LogP contribution is -2.41. The molecule has 0 spiro atoms. The first-order chi connectivity index (χ1) is 37.9. The molecule has 83 heavy (non-hydrogen) atoms. The van der Waals surface area contributed by atoms with Gasteiger partial charge >= 0.3 is 26.4 Å². The Bertz CT molecular complexity index is 3490. The highest BCUT2D eigenvalue weighted by atomic mass is 79.9. The van der Waals surface area contributed by atoms with E-state index in [2.05, 4.69) is 41.0 Å². The Morgan fingerprint density at radius 2 is 1.12 bits per heavy atom. The number of Topliss-reactive ketones (excluding diaryl/α,β-unsaturated/α-hetero) is 3. The van der Waals surface area contributed by atoms with Gasteiger partial charge in [0.1, 0.15) is 41.2 Å². The number of aryl methyl sites for hydroxylation is 2. The van der Waals surface area contributed by atoms with Crippen molar-refractivity contribution in [3.63, 3.8) is 0 Å². The predicted molar refractivity (Wildman–Crippen MR) is 327 cm³/mol. The summed E-state index contributed by atoms with van der Waals surface area (Å²) in [5, 5.41) is 4.03. The topological polar surface area (TPSA) is 257 Å². The van der Waals surface area contributed by atoms with Gasteiger partial charge in [-0.05, 0) is 193 Å². The number of aromatic amines is 1. The standard InChI is InChI=1S/2C18H25BN2O4.C15H15N3O2.C8H12BrNO2.CH4/c1-16(2,3)23-15(22)21-11-20-13-10-12(8-9-14(13)21)19-24-17(4,5)18(6,7)25-19;1-16(2,3)23-15(22)21-11-20-13-9-8-12(10-14(13)21)19-24-17(4,5)18(6,7)25-19;1-9(19)3-6-14-15(10(2)18-20-14)11-4-5-12-13(7-11)17-8-16-12;1-5(11)3-4-7(12)8(9)6(2)10;/h2*8-11H,1-7H3;4-5,7-8H,3,6H2,1-2H3,(H,16,17);3-4,10H2,1-2H3;1H4. The Morgan fingerprint density at radius 1 is 0.639 bits per heavy atom. The Labute approximate surface area is 495 Å². The van der Waals surface area contributed by atoms with E-state index in [1.54, 1.807) is 20.2 Å². The summed E-state index contributed by atoms with van der Waals surface area (Å²) in [5.41, 5.74) is 12.3. The van der Waals surface area contributed by atoms with Crippen LogP contribution < -0.4 is 16.7 Å². The van der Waals surface area contributed by atoms with E-state index >= 15 is 0 Å². The number of carbonyl (C=O) groups excluding carboxylic acids is 5. The number of H-pyrrole nitrogens is 1. The molecule has 20 nitrogen and oxygen atoms in total. The first-order valence-corrected chi connectivity index (χ1v) is 27.8. The number of halogens is 1. The number of imidazole rings is 3. The zero-order valence-corrected chi connectivity index (χ0v) is 52.0. The molecule has 0 amide bonds. The molecule has 0 saturated carbocycles. The third kappa shape index (κ3) is 16.7. The highest BCUT2D eigenvalue weighted by Crippen LogP contribution is 2.38. The summed E-state index contributed by atoms with van der Waals surface area (Å²) in [5.74, 6) is 0.800. The van der Waals surface area contributed by atoms with Gasteiger partial charge in [-0.1, -0.05) is 30.8 Å². The van der Waals surface area contributed by atoms with Crippen LogP contribution in [-0.2, 0) is 48.9 Å². The Kier molecular flexibility index (Phi) is 21.0. The zero-order chi connectivity index (χ0) is 61.1. The lowest BCUT2D eigenvalue weighted by molar-refractivity contribution is -0.121. The summed E-state index contributed by atoms with van der Waals surface area (Å²) in [6.45, 7) is 33.7. The quantitative estimate of drug-likeness (QED) is 0.0953. The summed E-state index contributed by atoms with van der Waals surface area (Å²) in [7, 11) is -0.947. The molecule has 0 bridgehead atoms. The van der Waals surface area contributed by atoms with Gasteiger partial charge in [-0.2, -0.15) is 0 Å². The molecule has 0 atom stereocenters. The number of nitrogens with zero attached hydrogens (tertiary/aromatic N) is 6. The van der Waals surface area contributed by atoms with E-state index in [1.165, 1.54) is 28.7 Å². The average Bonchev–Trinajstić information content (AvgIpc) is 4.12. The Morgan fingerprint density at radius 3 is 1.63 bits per heavy atom. The molecule has 0 aliphatic carbocycles. The molecule has 2 aliphatic rings. The number of nitrogens with one attached hydrogen (secondary N) is 1. The number of benzene rings is 3. The lowest BCUT2D eigenvalue weighted by Gasteiger charge is -2.32. The minimum absolute atomic E-state index is 0. The van der Waals surface area contributed by atoms with Crippen molar-refractivity contribution >= 4 is 104 Å². The second kappa shape index (κ2) is 26.0. The van der Waals surface area contributed by atoms with Gasteiger partial charge in [0, 0.05) is 36.9 Å². The molecule has 0 radical (unpaired) electrons. The number of hydrogen-bond acceptors (Lipinski definition) is 17. The maximum absolute atomic E-state index is 12.4. The maximum atomic E-state index is 12.4. The van der Waals surface area contributed by atoms with Gasteiger partial charge in [0.25, 0.3) is 0 Å². The average molecular weight is 1210 g/mol. The van der Waals surface area contributed by atoms with E-state index in [0.717, 1.165) is 44.5 Å². The van der Waals surface area contributed by atoms with E-state index < -0.39 is 60.0 Å². The van der Waals surface area contributed by atoms with Gasteiger partial charge in [0.2, 0.25) is 0 Å². The van der Waals surface area contributed by atoms with Crippen molar-refractivity contribution < 1.29 is 56.6 Å². The molecule has 23 heteroatoms. The highest BCUT2D eigenvalue weighted by Gasteiger charge is 2.53. The molecule has 7 aromatic rings. The van der Waals surface area contributed by atoms with Crippen LogP contribution in [0.3, 0.4) is 0 Å². The molecule has 2 fully saturated rings. The monoisotopic (exact) mass is 1210 g/mol. The number of ether oxygens (including phenoxy) is 2. The van der Waals surface area contributed by atoms with E-state index in [1.807, 2.05) is 158 Å². The van der Waals surface area contributed by atoms with Gasteiger partial charge in [-0.15, -0.1) is 0 Å². The molecule has 3 N–H and O–H groups in total. The van der Waals surface area contributed by atoms with Crippen LogP contribution in [0.15, 0.2) is 88.3 Å². The van der Waals surface area contributed by atoms with Crippen LogP contribution in [-0.4, -0.2) is 112 Å². The van der Waals surface area contributed by atoms with Crippen LogP contribution >= 0.6 is 15.9 Å². The molecule has 2 aliphatic heterocycles. The van der Waals surface area contributed by atoms with E-state index in [-0.39, 0.29) is 37.6 Å². The lowest BCUT2D eigenvalue weighted by atomic mass is 9.79. The number of hydrogen-bond donors (Lipinski definition) is 2. The number of aromatic nitrogens is 7. The van der Waals surface area contributed by atoms with Gasteiger partial charge in [-0.25, -0.2) is 33.7 Å². The molecule has 0 unspecified atom stereocenters. The van der Waals surface area contributed by atoms with Gasteiger partial charge in [0.15, 0.2) is 5.78 Å². The third-order valence-corrected chi connectivity index (χ3v) is 15.1. The van der Waals surface area contributed by atoms with Crippen LogP contribution in [0.2, 0.25) is 0 Å². The summed E-state index contributed by atoms with van der Waals surface area (Å²) in [6.07, 6.45) is 5.27. The molecular formula is C60H81B2BrN8O12. The number of nitrogens with two attached hydrogens (primary N) is 1. The first-order valence-electron chi connectivity index (χ1n) is 27.0. The SMILES string of the molecule is C.CC(=O)CCC(=O)C(Br)=C(C)N.CC(=O)CCc1onc(C)c1-c1ccc2nc[nH]c2c1.CC(C)(C)OC(=O)n1cnc2cc(B3OC(C)(C)C(C)(C)O3)ccc21.CC(C)(C)OC(=O)n1cnc2ccc(B3OC(C)(C)C(C)(C)O3)cc21. The second-order valence-electron chi connectivity index (χ2n) is 24.4. The maximum Gasteiger partial charge on any atom is 0.494 e. The summed E-state index contributed by atoms with van der Waals surface area (Å²) in [4.78, 5) is 73.4. The molecule has 4 aromatic heterocycles. The summed E-state index contributed by atoms with van der Waals surface area (Å²) in [6, 6.07) is 17.3. The number of fused-ring (bicyclic) bond motifs is 3. The fourth-order valence-electron chi connectivity index (χ4n) is 8.18. The zero-order valence-electron chi connectivity index (χ0n) is 50.4. The van der Waals surface area contributed by atoms with E-state index in [0.29, 0.717) is 45.1 Å². The first kappa shape index (κ1) is 67.0. The molecule has 2 saturated heterocycles. The smallest absolute Gasteiger partial charge is 0.443 e. The van der Waals surface area contributed by atoms with E-state index in [9.17, 15) is 24.0 Å². The molecule has 446 valence electrons. The number of rotatable bonds is 10. The van der Waals surface area contributed by atoms with Crippen molar-refractivity contribution in [3.05, 3.63) is 95.2 Å². The van der Waals surface area contributed by atoms with Crippen LogP contribution in [0.5, 0.6) is 0 Å². The molecule has 6 heterocycles. The summed E-state index contributed by atoms with van der Waals surface area (Å²) < 4.78 is 43.7. The highest BCUT2D eigenvalue weighted by molar-refractivity contribution is 9.12. The largest absolute Gasteiger partial charge is 0.494 e. The van der Waals surface area contributed by atoms with Crippen LogP contribution in [0.25, 0.3) is 44.2 Å². The number of carbonyl (C=O) groups is 5. The number of ketones is 3. The predicted octanol–water partition coefficient (Wildman–Crippen LogP) is 11.4. The minimum Gasteiger partial charge on any atom is -0.443 e. The molecular weight excluding hydrogens is 1130 g/mol. The Balaban J connectivity index is 0.000000208.